The van der Waals surface area contributed by atoms with Crippen LogP contribution in [0.25, 0.3) is 0 Å². The monoisotopic (exact) mass is 210 g/mol. The highest BCUT2D eigenvalue weighted by atomic mass is 16.3. The Morgan fingerprint density at radius 1 is 1.33 bits per heavy atom. The van der Waals surface area contributed by atoms with E-state index in [-0.39, 0.29) is 5.92 Å². The molecule has 0 amide bonds. The van der Waals surface area contributed by atoms with E-state index < -0.39 is 5.60 Å². The molecule has 0 aromatic rings. The summed E-state index contributed by atoms with van der Waals surface area (Å²) in [7, 11) is 0. The molecule has 1 fully saturated rings. The van der Waals surface area contributed by atoms with Gasteiger partial charge in [-0.25, -0.2) is 0 Å². The van der Waals surface area contributed by atoms with Crippen molar-refractivity contribution < 1.29 is 5.11 Å². The van der Waals surface area contributed by atoms with Crippen LogP contribution in [0, 0.1) is 23.7 Å². The van der Waals surface area contributed by atoms with Crippen LogP contribution in [0.1, 0.15) is 47.0 Å². The lowest BCUT2D eigenvalue weighted by molar-refractivity contribution is -0.105. The predicted octanol–water partition coefficient (Wildman–Crippen LogP) is 3.63. The van der Waals surface area contributed by atoms with E-state index >= 15 is 0 Å². The van der Waals surface area contributed by atoms with Gasteiger partial charge in [-0.15, -0.1) is 6.58 Å². The first kappa shape index (κ1) is 12.8. The summed E-state index contributed by atoms with van der Waals surface area (Å²) in [5.74, 6) is 1.84. The van der Waals surface area contributed by atoms with E-state index in [9.17, 15) is 5.11 Å². The second kappa shape index (κ2) is 4.69. The molecule has 0 radical (unpaired) electrons. The smallest absolute Gasteiger partial charge is 0.0740 e. The van der Waals surface area contributed by atoms with Gasteiger partial charge in [-0.1, -0.05) is 40.2 Å². The second-order valence-electron chi connectivity index (χ2n) is 5.75. The summed E-state index contributed by atoms with van der Waals surface area (Å²) in [5, 5.41) is 10.9. The van der Waals surface area contributed by atoms with Crippen LogP contribution in [0.5, 0.6) is 0 Å². The van der Waals surface area contributed by atoms with E-state index in [1.54, 1.807) is 0 Å². The van der Waals surface area contributed by atoms with Gasteiger partial charge in [-0.2, -0.15) is 0 Å². The minimum atomic E-state index is -0.520. The molecule has 0 spiro atoms. The zero-order valence-corrected chi connectivity index (χ0v) is 10.7. The van der Waals surface area contributed by atoms with Crippen molar-refractivity contribution in [1.29, 1.82) is 0 Å². The molecular weight excluding hydrogens is 184 g/mol. The zero-order valence-electron chi connectivity index (χ0n) is 10.7. The van der Waals surface area contributed by atoms with Crippen molar-refractivity contribution in [2.24, 2.45) is 23.7 Å². The molecule has 1 aliphatic carbocycles. The molecule has 4 atom stereocenters. The molecule has 1 aliphatic rings. The topological polar surface area (TPSA) is 20.2 Å². The Bertz CT molecular complexity index is 221. The van der Waals surface area contributed by atoms with Crippen molar-refractivity contribution in [3.8, 4) is 0 Å². The molecular formula is C14H26O. The zero-order chi connectivity index (χ0) is 11.6. The molecule has 0 saturated heterocycles. The second-order valence-corrected chi connectivity index (χ2v) is 5.75. The minimum Gasteiger partial charge on any atom is -0.389 e. The summed E-state index contributed by atoms with van der Waals surface area (Å²) in [4.78, 5) is 0. The highest BCUT2D eigenvalue weighted by molar-refractivity contribution is 5.01. The third-order valence-corrected chi connectivity index (χ3v) is 4.23. The largest absolute Gasteiger partial charge is 0.389 e. The van der Waals surface area contributed by atoms with Gasteiger partial charge in [0.1, 0.15) is 0 Å². The van der Waals surface area contributed by atoms with E-state index in [0.29, 0.717) is 17.8 Å². The van der Waals surface area contributed by atoms with Crippen LogP contribution < -0.4 is 0 Å². The molecule has 0 aromatic heterocycles. The Kier molecular flexibility index (Phi) is 3.99. The molecule has 0 unspecified atom stereocenters. The van der Waals surface area contributed by atoms with Crippen LogP contribution in [-0.4, -0.2) is 10.7 Å². The summed E-state index contributed by atoms with van der Waals surface area (Å²) in [6.45, 7) is 12.6. The molecule has 0 heterocycles. The van der Waals surface area contributed by atoms with Gasteiger partial charge in [-0.3, -0.25) is 0 Å². The number of rotatable bonds is 3. The maximum absolute atomic E-state index is 10.9. The van der Waals surface area contributed by atoms with Gasteiger partial charge in [0.05, 0.1) is 5.60 Å². The lowest BCUT2D eigenvalue weighted by Gasteiger charge is -2.47. The summed E-state index contributed by atoms with van der Waals surface area (Å²) in [6.07, 6.45) is 5.26. The Labute approximate surface area is 94.6 Å². The Morgan fingerprint density at radius 3 is 2.40 bits per heavy atom. The van der Waals surface area contributed by atoms with Gasteiger partial charge < -0.3 is 5.11 Å². The van der Waals surface area contributed by atoms with Crippen molar-refractivity contribution >= 4 is 0 Å². The molecule has 0 bridgehead atoms. The fraction of sp³-hybridized carbons (Fsp3) is 0.857. The van der Waals surface area contributed by atoms with Gasteiger partial charge in [0.2, 0.25) is 0 Å². The van der Waals surface area contributed by atoms with Crippen LogP contribution in [0.15, 0.2) is 12.7 Å². The minimum absolute atomic E-state index is 0.202. The highest BCUT2D eigenvalue weighted by Gasteiger charge is 2.45. The van der Waals surface area contributed by atoms with Crippen molar-refractivity contribution in [1.82, 2.24) is 0 Å². The summed E-state index contributed by atoms with van der Waals surface area (Å²) >= 11 is 0. The molecule has 1 rings (SSSR count). The van der Waals surface area contributed by atoms with Gasteiger partial charge in [0.25, 0.3) is 0 Å². The molecule has 88 valence electrons. The van der Waals surface area contributed by atoms with E-state index in [4.69, 9.17) is 0 Å². The third kappa shape index (κ3) is 2.44. The SMILES string of the molecule is C=C[C@H](C)[C@@]1(O)C[C@@H](C)CC[C@@H]1C(C)C. The predicted molar refractivity (Wildman–Crippen MR) is 65.7 cm³/mol. The van der Waals surface area contributed by atoms with Gasteiger partial charge >= 0.3 is 0 Å². The van der Waals surface area contributed by atoms with E-state index in [0.717, 1.165) is 12.8 Å². The molecule has 0 aliphatic heterocycles. The fourth-order valence-electron chi connectivity index (χ4n) is 3.16. The highest BCUT2D eigenvalue weighted by Crippen LogP contribution is 2.45. The summed E-state index contributed by atoms with van der Waals surface area (Å²) in [6, 6.07) is 0. The summed E-state index contributed by atoms with van der Waals surface area (Å²) in [5.41, 5.74) is -0.520. The average molecular weight is 210 g/mol. The maximum atomic E-state index is 10.9. The van der Waals surface area contributed by atoms with E-state index in [1.165, 1.54) is 6.42 Å². The molecule has 0 aromatic carbocycles. The number of hydrogen-bond donors (Lipinski definition) is 1. The normalized spacial score (nSPS) is 39.1. The van der Waals surface area contributed by atoms with Crippen molar-refractivity contribution in [3.05, 3.63) is 12.7 Å². The average Bonchev–Trinajstić information content (AvgIpc) is 2.15. The van der Waals surface area contributed by atoms with Gasteiger partial charge in [0.15, 0.2) is 0 Å². The number of hydrogen-bond acceptors (Lipinski definition) is 1. The maximum Gasteiger partial charge on any atom is 0.0740 e. The van der Waals surface area contributed by atoms with E-state index in [1.807, 2.05) is 6.08 Å². The van der Waals surface area contributed by atoms with Crippen LogP contribution in [-0.2, 0) is 0 Å². The first-order valence-electron chi connectivity index (χ1n) is 6.26. The third-order valence-electron chi connectivity index (χ3n) is 4.23. The quantitative estimate of drug-likeness (QED) is 0.705. The molecule has 15 heavy (non-hydrogen) atoms. The molecule has 1 saturated carbocycles. The number of aliphatic hydroxyl groups is 1. The van der Waals surface area contributed by atoms with E-state index in [2.05, 4.69) is 34.3 Å². The van der Waals surface area contributed by atoms with Crippen LogP contribution in [0.3, 0.4) is 0 Å². The van der Waals surface area contributed by atoms with Gasteiger partial charge in [0, 0.05) is 5.92 Å². The standard InChI is InChI=1S/C14H26O/c1-6-12(5)14(15)9-11(4)7-8-13(14)10(2)3/h6,10-13,15H,1,7-9H2,2-5H3/t11-,12-,13+,14-/m0/s1. The van der Waals surface area contributed by atoms with Crippen molar-refractivity contribution in [3.63, 3.8) is 0 Å². The van der Waals surface area contributed by atoms with Crippen molar-refractivity contribution in [2.45, 2.75) is 52.6 Å². The lowest BCUT2D eigenvalue weighted by Crippen LogP contribution is -2.49. The van der Waals surface area contributed by atoms with Gasteiger partial charge in [-0.05, 0) is 30.6 Å². The van der Waals surface area contributed by atoms with Crippen LogP contribution in [0.4, 0.5) is 0 Å². The van der Waals surface area contributed by atoms with Crippen LogP contribution >= 0.6 is 0 Å². The Hall–Kier alpha value is -0.300. The molecule has 1 heteroatoms. The van der Waals surface area contributed by atoms with Crippen LogP contribution in [0.2, 0.25) is 0 Å². The van der Waals surface area contributed by atoms with Crippen molar-refractivity contribution in [2.75, 3.05) is 0 Å². The lowest BCUT2D eigenvalue weighted by atomic mass is 9.62. The first-order valence-corrected chi connectivity index (χ1v) is 6.26. The Balaban J connectivity index is 2.90. The Morgan fingerprint density at radius 2 is 1.93 bits per heavy atom. The fourth-order valence-corrected chi connectivity index (χ4v) is 3.16. The molecule has 1 N–H and O–H groups in total. The summed E-state index contributed by atoms with van der Waals surface area (Å²) < 4.78 is 0. The first-order chi connectivity index (χ1) is 6.91. The molecule has 1 nitrogen and oxygen atoms in total.